The molecule has 2 aromatic heterocycles. The molecule has 1 saturated heterocycles. The second-order valence-corrected chi connectivity index (χ2v) is 9.07. The third-order valence-corrected chi connectivity index (χ3v) is 6.77. The standard InChI is InChI=1S/C23H23ClN6O2S/c1-14-4-5-19(12-20(14)24)30-15(2)10-17(16(30)3)11-18(13-25)21(31)26-22-27-28-23(33-22)29-6-8-32-9-7-29/h4-5,10-12H,6-9H2,1-3H3,(H,26,27,31)/b18-11-. The zero-order chi connectivity index (χ0) is 23.5. The summed E-state index contributed by atoms with van der Waals surface area (Å²) < 4.78 is 7.39. The van der Waals surface area contributed by atoms with E-state index in [0.29, 0.717) is 23.4 Å². The van der Waals surface area contributed by atoms with Crippen LogP contribution in [0.5, 0.6) is 0 Å². The highest BCUT2D eigenvalue weighted by Crippen LogP contribution is 2.27. The summed E-state index contributed by atoms with van der Waals surface area (Å²) in [6.45, 7) is 8.60. The van der Waals surface area contributed by atoms with Gasteiger partial charge < -0.3 is 14.2 Å². The molecule has 1 aromatic carbocycles. The minimum atomic E-state index is -0.523. The maximum atomic E-state index is 12.8. The van der Waals surface area contributed by atoms with Crippen molar-refractivity contribution < 1.29 is 9.53 Å². The fraction of sp³-hybridized carbons (Fsp3) is 0.304. The molecule has 0 unspecified atom stereocenters. The molecule has 0 aliphatic carbocycles. The summed E-state index contributed by atoms with van der Waals surface area (Å²) in [6.07, 6.45) is 1.59. The molecule has 33 heavy (non-hydrogen) atoms. The van der Waals surface area contributed by atoms with Crippen molar-refractivity contribution in [1.82, 2.24) is 14.8 Å². The number of carbonyl (C=O) groups excluding carboxylic acids is 1. The van der Waals surface area contributed by atoms with E-state index in [0.717, 1.165) is 46.4 Å². The summed E-state index contributed by atoms with van der Waals surface area (Å²) >= 11 is 7.59. The van der Waals surface area contributed by atoms with E-state index >= 15 is 0 Å². The van der Waals surface area contributed by atoms with Crippen molar-refractivity contribution in [3.05, 3.63) is 57.4 Å². The number of halogens is 1. The van der Waals surface area contributed by atoms with Crippen molar-refractivity contribution in [2.75, 3.05) is 36.5 Å². The number of hydrogen-bond acceptors (Lipinski definition) is 7. The number of nitriles is 1. The van der Waals surface area contributed by atoms with Crippen LogP contribution in [0.25, 0.3) is 11.8 Å². The monoisotopic (exact) mass is 482 g/mol. The lowest BCUT2D eigenvalue weighted by atomic mass is 10.1. The van der Waals surface area contributed by atoms with Gasteiger partial charge in [-0.15, -0.1) is 10.2 Å². The molecule has 1 aliphatic rings. The Kier molecular flexibility index (Phi) is 6.79. The first-order valence-corrected chi connectivity index (χ1v) is 11.6. The first kappa shape index (κ1) is 23.0. The third kappa shape index (κ3) is 4.93. The molecule has 8 nitrogen and oxygen atoms in total. The Bertz CT molecular complexity index is 1270. The summed E-state index contributed by atoms with van der Waals surface area (Å²) in [5.74, 6) is -0.523. The molecule has 1 aliphatic heterocycles. The van der Waals surface area contributed by atoms with Crippen LogP contribution in [0.4, 0.5) is 10.3 Å². The topological polar surface area (TPSA) is 96.1 Å². The summed E-state index contributed by atoms with van der Waals surface area (Å²) in [7, 11) is 0. The van der Waals surface area contributed by atoms with Crippen LogP contribution < -0.4 is 10.2 Å². The molecule has 170 valence electrons. The van der Waals surface area contributed by atoms with Gasteiger partial charge in [0.05, 0.1) is 13.2 Å². The molecule has 10 heteroatoms. The normalized spacial score (nSPS) is 14.3. The third-order valence-electron chi connectivity index (χ3n) is 5.47. The van der Waals surface area contributed by atoms with Crippen molar-refractivity contribution in [3.8, 4) is 11.8 Å². The Morgan fingerprint density at radius 1 is 1.24 bits per heavy atom. The zero-order valence-corrected chi connectivity index (χ0v) is 20.1. The number of anilines is 2. The first-order valence-electron chi connectivity index (χ1n) is 10.4. The number of nitrogens with zero attached hydrogens (tertiary/aromatic N) is 5. The average Bonchev–Trinajstić information content (AvgIpc) is 3.38. The van der Waals surface area contributed by atoms with Gasteiger partial charge in [-0.2, -0.15) is 5.26 Å². The SMILES string of the molecule is Cc1ccc(-n2c(C)cc(/C=C(/C#N)C(=O)Nc3nnc(N4CCOCC4)s3)c2C)cc1Cl. The van der Waals surface area contributed by atoms with E-state index in [1.54, 1.807) is 6.08 Å². The Hall–Kier alpha value is -3.19. The maximum absolute atomic E-state index is 12.8. The molecule has 0 atom stereocenters. The molecular formula is C23H23ClN6O2S. The van der Waals surface area contributed by atoms with Crippen molar-refractivity contribution in [1.29, 1.82) is 5.26 Å². The second kappa shape index (κ2) is 9.75. The highest BCUT2D eigenvalue weighted by molar-refractivity contribution is 7.19. The number of amides is 1. The predicted octanol–water partition coefficient (Wildman–Crippen LogP) is 4.29. The number of nitrogens with one attached hydrogen (secondary N) is 1. The summed E-state index contributed by atoms with van der Waals surface area (Å²) in [5.41, 5.74) is 4.56. The average molecular weight is 483 g/mol. The van der Waals surface area contributed by atoms with Gasteiger partial charge in [0.1, 0.15) is 11.6 Å². The van der Waals surface area contributed by atoms with Crippen molar-refractivity contribution >= 4 is 45.2 Å². The number of benzene rings is 1. The highest BCUT2D eigenvalue weighted by Gasteiger charge is 2.19. The maximum Gasteiger partial charge on any atom is 0.268 e. The Balaban J connectivity index is 1.55. The number of aromatic nitrogens is 3. The second-order valence-electron chi connectivity index (χ2n) is 7.71. The lowest BCUT2D eigenvalue weighted by molar-refractivity contribution is -0.112. The van der Waals surface area contributed by atoms with E-state index in [-0.39, 0.29) is 5.57 Å². The highest BCUT2D eigenvalue weighted by atomic mass is 35.5. The van der Waals surface area contributed by atoms with E-state index in [4.69, 9.17) is 16.3 Å². The Labute approximate surface area is 201 Å². The molecule has 0 bridgehead atoms. The number of carbonyl (C=O) groups is 1. The van der Waals surface area contributed by atoms with E-state index in [1.807, 2.05) is 55.7 Å². The summed E-state index contributed by atoms with van der Waals surface area (Å²) in [5, 5.41) is 22.3. The summed E-state index contributed by atoms with van der Waals surface area (Å²) in [6, 6.07) is 9.81. The van der Waals surface area contributed by atoms with Gasteiger partial charge in [0.25, 0.3) is 5.91 Å². The molecule has 1 amide bonds. The molecule has 0 radical (unpaired) electrons. The van der Waals surface area contributed by atoms with E-state index in [9.17, 15) is 10.1 Å². The minimum absolute atomic E-state index is 0.0136. The van der Waals surface area contributed by atoms with Gasteiger partial charge in [0.15, 0.2) is 0 Å². The molecule has 4 rings (SSSR count). The lowest BCUT2D eigenvalue weighted by Crippen LogP contribution is -2.36. The summed E-state index contributed by atoms with van der Waals surface area (Å²) in [4.78, 5) is 14.8. The molecule has 1 fully saturated rings. The van der Waals surface area contributed by atoms with Crippen LogP contribution in [0.1, 0.15) is 22.5 Å². The molecular weight excluding hydrogens is 460 g/mol. The molecule has 0 saturated carbocycles. The van der Waals surface area contributed by atoms with Gasteiger partial charge in [-0.3, -0.25) is 10.1 Å². The van der Waals surface area contributed by atoms with E-state index in [2.05, 4.69) is 20.4 Å². The largest absolute Gasteiger partial charge is 0.378 e. The van der Waals surface area contributed by atoms with Crippen LogP contribution in [0.15, 0.2) is 29.8 Å². The van der Waals surface area contributed by atoms with Crippen LogP contribution in [-0.2, 0) is 9.53 Å². The van der Waals surface area contributed by atoms with Gasteiger partial charge in [0.2, 0.25) is 10.3 Å². The Morgan fingerprint density at radius 3 is 2.70 bits per heavy atom. The quantitative estimate of drug-likeness (QED) is 0.430. The van der Waals surface area contributed by atoms with Crippen LogP contribution >= 0.6 is 22.9 Å². The Morgan fingerprint density at radius 2 is 2.00 bits per heavy atom. The number of rotatable bonds is 5. The van der Waals surface area contributed by atoms with Crippen LogP contribution in [0.2, 0.25) is 5.02 Å². The van der Waals surface area contributed by atoms with Gasteiger partial charge in [-0.1, -0.05) is 29.0 Å². The zero-order valence-electron chi connectivity index (χ0n) is 18.6. The molecule has 0 spiro atoms. The first-order chi connectivity index (χ1) is 15.9. The lowest BCUT2D eigenvalue weighted by Gasteiger charge is -2.25. The molecule has 1 N–H and O–H groups in total. The van der Waals surface area contributed by atoms with Crippen molar-refractivity contribution in [2.45, 2.75) is 20.8 Å². The fourth-order valence-electron chi connectivity index (χ4n) is 3.67. The van der Waals surface area contributed by atoms with Crippen LogP contribution in [-0.4, -0.2) is 47.0 Å². The minimum Gasteiger partial charge on any atom is -0.378 e. The smallest absolute Gasteiger partial charge is 0.268 e. The van der Waals surface area contributed by atoms with E-state index in [1.165, 1.54) is 11.3 Å². The van der Waals surface area contributed by atoms with Gasteiger partial charge in [-0.05, 0) is 56.2 Å². The number of hydrogen-bond donors (Lipinski definition) is 1. The number of morpholine rings is 1. The van der Waals surface area contributed by atoms with Crippen LogP contribution in [0.3, 0.4) is 0 Å². The number of aryl methyl sites for hydroxylation is 2. The molecule has 3 heterocycles. The van der Waals surface area contributed by atoms with Gasteiger partial charge >= 0.3 is 0 Å². The number of ether oxygens (including phenoxy) is 1. The fourth-order valence-corrected chi connectivity index (χ4v) is 4.64. The van der Waals surface area contributed by atoms with Crippen LogP contribution in [0, 0.1) is 32.1 Å². The molecule has 3 aromatic rings. The van der Waals surface area contributed by atoms with Crippen molar-refractivity contribution in [2.24, 2.45) is 0 Å². The van der Waals surface area contributed by atoms with Crippen molar-refractivity contribution in [3.63, 3.8) is 0 Å². The predicted molar refractivity (Wildman–Crippen MR) is 130 cm³/mol. The van der Waals surface area contributed by atoms with E-state index < -0.39 is 5.91 Å². The van der Waals surface area contributed by atoms with Gasteiger partial charge in [0, 0.05) is 35.2 Å². The van der Waals surface area contributed by atoms with Gasteiger partial charge in [-0.25, -0.2) is 0 Å².